The Morgan fingerprint density at radius 2 is 1.83 bits per heavy atom. The van der Waals surface area contributed by atoms with E-state index in [0.717, 1.165) is 18.4 Å². The smallest absolute Gasteiger partial charge is 0.262 e. The van der Waals surface area contributed by atoms with Gasteiger partial charge in [-0.2, -0.15) is 4.98 Å². The van der Waals surface area contributed by atoms with Crippen molar-refractivity contribution in [3.05, 3.63) is 82.2 Å². The zero-order chi connectivity index (χ0) is 20.2. The van der Waals surface area contributed by atoms with Crippen molar-refractivity contribution >= 4 is 22.7 Å². The van der Waals surface area contributed by atoms with Gasteiger partial charge in [-0.25, -0.2) is 4.98 Å². The molecule has 0 amide bonds. The highest BCUT2D eigenvalue weighted by atomic mass is 32.2. The average molecular weight is 407 g/mol. The number of fused-ring (bicyclic) bond motifs is 1. The van der Waals surface area contributed by atoms with Gasteiger partial charge >= 0.3 is 0 Å². The molecule has 0 fully saturated rings. The van der Waals surface area contributed by atoms with Crippen LogP contribution < -0.4 is 5.56 Å². The van der Waals surface area contributed by atoms with E-state index in [1.807, 2.05) is 61.5 Å². The highest BCUT2D eigenvalue weighted by Crippen LogP contribution is 2.26. The van der Waals surface area contributed by atoms with Crippen LogP contribution >= 0.6 is 11.8 Å². The summed E-state index contributed by atoms with van der Waals surface area (Å²) >= 11 is 1.44. The molecule has 1 atom stereocenters. The normalized spacial score (nSPS) is 12.3. The van der Waals surface area contributed by atoms with Gasteiger partial charge in [-0.15, -0.1) is 0 Å². The molecule has 2 heterocycles. The van der Waals surface area contributed by atoms with Crippen LogP contribution in [0.4, 0.5) is 0 Å². The number of hydrogen-bond acceptors (Lipinski definition) is 6. The summed E-state index contributed by atoms with van der Waals surface area (Å²) < 4.78 is 7.10. The molecule has 148 valence electrons. The molecule has 7 heteroatoms. The number of aromatic nitrogens is 4. The number of thioether (sulfide) groups is 1. The Morgan fingerprint density at radius 1 is 1.07 bits per heavy atom. The van der Waals surface area contributed by atoms with Crippen LogP contribution in [0.25, 0.3) is 10.9 Å². The summed E-state index contributed by atoms with van der Waals surface area (Å²) in [4.78, 5) is 22.5. The van der Waals surface area contributed by atoms with Crippen molar-refractivity contribution in [1.82, 2.24) is 19.7 Å². The standard InChI is InChI=1S/C22H22N4O2S/c1-3-9-19-24-20(28-25-19)14-29-22-23-18-13-8-7-12-17(18)21(27)26(22)15(2)16-10-5-4-6-11-16/h4-8,10-13,15H,3,9,14H2,1-2H3. The van der Waals surface area contributed by atoms with E-state index in [9.17, 15) is 4.79 Å². The zero-order valence-electron chi connectivity index (χ0n) is 16.4. The van der Waals surface area contributed by atoms with Crippen LogP contribution in [-0.4, -0.2) is 19.7 Å². The minimum atomic E-state index is -0.151. The van der Waals surface area contributed by atoms with Gasteiger partial charge in [0.15, 0.2) is 11.0 Å². The molecule has 0 radical (unpaired) electrons. The van der Waals surface area contributed by atoms with Gasteiger partial charge in [0.25, 0.3) is 5.56 Å². The Hall–Kier alpha value is -2.93. The lowest BCUT2D eigenvalue weighted by molar-refractivity contribution is 0.384. The molecule has 0 N–H and O–H groups in total. The predicted octanol–water partition coefficient (Wildman–Crippen LogP) is 4.63. The van der Waals surface area contributed by atoms with Crippen LogP contribution in [0.15, 0.2) is 69.1 Å². The summed E-state index contributed by atoms with van der Waals surface area (Å²) in [5, 5.41) is 5.26. The third-order valence-electron chi connectivity index (χ3n) is 4.75. The Morgan fingerprint density at radius 3 is 2.62 bits per heavy atom. The fourth-order valence-corrected chi connectivity index (χ4v) is 4.16. The largest absolute Gasteiger partial charge is 0.338 e. The minimum Gasteiger partial charge on any atom is -0.338 e. The van der Waals surface area contributed by atoms with E-state index in [1.54, 1.807) is 4.57 Å². The van der Waals surface area contributed by atoms with Crippen molar-refractivity contribution in [2.45, 2.75) is 43.6 Å². The summed E-state index contributed by atoms with van der Waals surface area (Å²) in [6.45, 7) is 4.09. The molecule has 2 aromatic carbocycles. The molecule has 0 aliphatic heterocycles. The van der Waals surface area contributed by atoms with E-state index in [0.29, 0.717) is 33.5 Å². The maximum absolute atomic E-state index is 13.3. The van der Waals surface area contributed by atoms with Crippen LogP contribution in [-0.2, 0) is 12.2 Å². The van der Waals surface area contributed by atoms with Gasteiger partial charge in [0.2, 0.25) is 5.89 Å². The molecular weight excluding hydrogens is 384 g/mol. The number of rotatable bonds is 7. The quantitative estimate of drug-likeness (QED) is 0.329. The van der Waals surface area contributed by atoms with Crippen molar-refractivity contribution in [1.29, 1.82) is 0 Å². The third-order valence-corrected chi connectivity index (χ3v) is 5.69. The van der Waals surface area contributed by atoms with Crippen LogP contribution in [0, 0.1) is 0 Å². The fraction of sp³-hybridized carbons (Fsp3) is 0.273. The molecule has 0 aliphatic rings. The fourth-order valence-electron chi connectivity index (χ4n) is 3.25. The topological polar surface area (TPSA) is 73.8 Å². The van der Waals surface area contributed by atoms with E-state index in [4.69, 9.17) is 9.51 Å². The second-order valence-corrected chi connectivity index (χ2v) is 7.76. The Kier molecular flexibility index (Phi) is 5.76. The Labute approximate surface area is 173 Å². The molecule has 0 spiro atoms. The van der Waals surface area contributed by atoms with Crippen LogP contribution in [0.1, 0.15) is 43.6 Å². The summed E-state index contributed by atoms with van der Waals surface area (Å²) in [6, 6.07) is 17.3. The first-order chi connectivity index (χ1) is 14.2. The summed E-state index contributed by atoms with van der Waals surface area (Å²) in [6.07, 6.45) is 1.75. The molecule has 6 nitrogen and oxygen atoms in total. The van der Waals surface area contributed by atoms with Crippen molar-refractivity contribution in [2.75, 3.05) is 0 Å². The van der Waals surface area contributed by atoms with Crippen LogP contribution in [0.2, 0.25) is 0 Å². The highest BCUT2D eigenvalue weighted by Gasteiger charge is 2.19. The van der Waals surface area contributed by atoms with Gasteiger partial charge in [0.1, 0.15) is 0 Å². The maximum Gasteiger partial charge on any atom is 0.262 e. The summed E-state index contributed by atoms with van der Waals surface area (Å²) in [7, 11) is 0. The van der Waals surface area contributed by atoms with Gasteiger partial charge in [0.05, 0.1) is 22.7 Å². The predicted molar refractivity (Wildman–Crippen MR) is 114 cm³/mol. The van der Waals surface area contributed by atoms with Crippen molar-refractivity contribution in [3.8, 4) is 0 Å². The number of para-hydroxylation sites is 1. The monoisotopic (exact) mass is 406 g/mol. The highest BCUT2D eigenvalue weighted by molar-refractivity contribution is 7.98. The average Bonchev–Trinajstić information content (AvgIpc) is 3.20. The number of benzene rings is 2. The molecule has 0 saturated carbocycles. The molecule has 1 unspecified atom stereocenters. The van der Waals surface area contributed by atoms with Crippen molar-refractivity contribution in [2.24, 2.45) is 0 Å². The maximum atomic E-state index is 13.3. The van der Waals surface area contributed by atoms with Crippen LogP contribution in [0.5, 0.6) is 0 Å². The molecule has 0 bridgehead atoms. The molecule has 4 aromatic rings. The van der Waals surface area contributed by atoms with Gasteiger partial charge in [-0.05, 0) is 31.0 Å². The molecular formula is C22H22N4O2S. The van der Waals surface area contributed by atoms with E-state index >= 15 is 0 Å². The molecule has 2 aromatic heterocycles. The van der Waals surface area contributed by atoms with Gasteiger partial charge < -0.3 is 4.52 Å². The number of aryl methyl sites for hydroxylation is 1. The minimum absolute atomic E-state index is 0.0494. The summed E-state index contributed by atoms with van der Waals surface area (Å²) in [5.41, 5.74) is 1.69. The van der Waals surface area contributed by atoms with E-state index in [-0.39, 0.29) is 11.6 Å². The van der Waals surface area contributed by atoms with Crippen LogP contribution in [0.3, 0.4) is 0 Å². The lowest BCUT2D eigenvalue weighted by atomic mass is 10.1. The molecule has 0 saturated heterocycles. The third kappa shape index (κ3) is 4.10. The van der Waals surface area contributed by atoms with E-state index in [1.165, 1.54) is 11.8 Å². The second-order valence-electron chi connectivity index (χ2n) is 6.82. The molecule has 4 rings (SSSR count). The van der Waals surface area contributed by atoms with Gasteiger partial charge in [0, 0.05) is 6.42 Å². The van der Waals surface area contributed by atoms with Crippen molar-refractivity contribution < 1.29 is 4.52 Å². The number of hydrogen-bond donors (Lipinski definition) is 0. The molecule has 0 aliphatic carbocycles. The SMILES string of the molecule is CCCc1noc(CSc2nc3ccccc3c(=O)n2C(C)c2ccccc2)n1. The first kappa shape index (κ1) is 19.4. The first-order valence-electron chi connectivity index (χ1n) is 9.68. The first-order valence-corrected chi connectivity index (χ1v) is 10.7. The molecule has 29 heavy (non-hydrogen) atoms. The van der Waals surface area contributed by atoms with E-state index < -0.39 is 0 Å². The second kappa shape index (κ2) is 8.61. The Balaban J connectivity index is 1.73. The zero-order valence-corrected chi connectivity index (χ0v) is 17.2. The number of nitrogens with zero attached hydrogens (tertiary/aromatic N) is 4. The van der Waals surface area contributed by atoms with Gasteiger partial charge in [-0.3, -0.25) is 9.36 Å². The summed E-state index contributed by atoms with van der Waals surface area (Å²) in [5.74, 6) is 1.72. The van der Waals surface area contributed by atoms with E-state index in [2.05, 4.69) is 17.1 Å². The Bertz CT molecular complexity index is 1170. The lowest BCUT2D eigenvalue weighted by Crippen LogP contribution is -2.27. The van der Waals surface area contributed by atoms with Crippen molar-refractivity contribution in [3.63, 3.8) is 0 Å². The van der Waals surface area contributed by atoms with Gasteiger partial charge in [-0.1, -0.05) is 66.3 Å². The lowest BCUT2D eigenvalue weighted by Gasteiger charge is -2.19.